The quantitative estimate of drug-likeness (QED) is 0.348. The Morgan fingerprint density at radius 2 is 1.85 bits per heavy atom. The number of nitrogens with one attached hydrogen (secondary N) is 2. The fraction of sp³-hybridized carbons (Fsp3) is 0.533. The van der Waals surface area contributed by atoms with Crippen LogP contribution < -0.4 is 22.1 Å². The van der Waals surface area contributed by atoms with Gasteiger partial charge in [0, 0.05) is 54.3 Å². The number of aryl methyl sites for hydroxylation is 1. The molecular weight excluding hydrogens is 510 g/mol. The molecule has 1 saturated carbocycles. The van der Waals surface area contributed by atoms with Crippen molar-refractivity contribution >= 4 is 29.3 Å². The number of anilines is 1. The van der Waals surface area contributed by atoms with Gasteiger partial charge in [-0.2, -0.15) is 0 Å². The van der Waals surface area contributed by atoms with Gasteiger partial charge in [0.15, 0.2) is 5.78 Å². The second-order valence-electron chi connectivity index (χ2n) is 11.9. The lowest BCUT2D eigenvalue weighted by Gasteiger charge is -2.31. The summed E-state index contributed by atoms with van der Waals surface area (Å²) < 4.78 is 7.69. The van der Waals surface area contributed by atoms with Gasteiger partial charge in [0.25, 0.3) is 5.91 Å². The first-order chi connectivity index (χ1) is 18.9. The average Bonchev–Trinajstić information content (AvgIpc) is 3.20. The van der Waals surface area contributed by atoms with Crippen LogP contribution in [0.2, 0.25) is 0 Å². The number of Topliss-reactive ketones (excluding diaryl/α,β-unsaturated/α-hetero) is 1. The van der Waals surface area contributed by atoms with Crippen molar-refractivity contribution in [2.24, 2.45) is 16.9 Å². The molecule has 2 aromatic rings. The van der Waals surface area contributed by atoms with Crippen molar-refractivity contribution in [3.05, 3.63) is 46.8 Å². The number of rotatable bonds is 9. The number of hydrogen-bond donors (Lipinski definition) is 4. The summed E-state index contributed by atoms with van der Waals surface area (Å²) in [6.07, 6.45) is 5.98. The van der Waals surface area contributed by atoms with E-state index in [1.807, 2.05) is 25.3 Å². The Kier molecular flexibility index (Phi) is 8.68. The van der Waals surface area contributed by atoms with Crippen LogP contribution in [0.5, 0.6) is 0 Å². The Bertz CT molecular complexity index is 1310. The highest BCUT2D eigenvalue weighted by atomic mass is 16.5. The maximum Gasteiger partial charge on any atom is 0.328 e. The summed E-state index contributed by atoms with van der Waals surface area (Å²) in [5.41, 5.74) is 15.6. The molecule has 2 aliphatic rings. The van der Waals surface area contributed by atoms with E-state index in [0.717, 1.165) is 41.8 Å². The first-order valence-electron chi connectivity index (χ1n) is 14.0. The van der Waals surface area contributed by atoms with E-state index in [4.69, 9.17) is 16.2 Å². The monoisotopic (exact) mass is 551 g/mol. The number of primary amides is 1. The summed E-state index contributed by atoms with van der Waals surface area (Å²) in [7, 11) is 0. The molecule has 1 aromatic carbocycles. The van der Waals surface area contributed by atoms with Crippen molar-refractivity contribution in [1.82, 2.24) is 9.88 Å². The van der Waals surface area contributed by atoms with Crippen LogP contribution >= 0.6 is 0 Å². The molecule has 40 heavy (non-hydrogen) atoms. The van der Waals surface area contributed by atoms with E-state index >= 15 is 0 Å². The van der Waals surface area contributed by atoms with Gasteiger partial charge in [-0.1, -0.05) is 13.8 Å². The van der Waals surface area contributed by atoms with Crippen molar-refractivity contribution in [2.45, 2.75) is 90.8 Å². The number of hydrogen-bond acceptors (Lipinski definition) is 7. The fourth-order valence-corrected chi connectivity index (χ4v) is 5.84. The molecule has 1 atom stereocenters. The van der Waals surface area contributed by atoms with Crippen LogP contribution in [0.1, 0.15) is 91.3 Å². The SMILES string of the molecule is Cc1cn(-c2ccc(C(N)=O)c(NC3CCC(OC(=O)[C@H](C)NC(=O)CCN)CC3)c2)c2c1C(=O)CC(C)(C)C2. The molecular formula is C30H41N5O5. The third-order valence-corrected chi connectivity index (χ3v) is 7.83. The minimum absolute atomic E-state index is 0.0609. The molecule has 10 heteroatoms. The average molecular weight is 552 g/mol. The summed E-state index contributed by atoms with van der Waals surface area (Å²) in [4.78, 5) is 49.3. The molecule has 0 bridgehead atoms. The summed E-state index contributed by atoms with van der Waals surface area (Å²) in [6, 6.07) is 4.83. The van der Waals surface area contributed by atoms with Crippen LogP contribution in [-0.4, -0.2) is 52.9 Å². The Hall–Kier alpha value is -3.66. The highest BCUT2D eigenvalue weighted by molar-refractivity contribution is 6.01. The number of nitrogens with two attached hydrogens (primary N) is 2. The van der Waals surface area contributed by atoms with Gasteiger partial charge in [0.05, 0.1) is 5.56 Å². The number of aromatic nitrogens is 1. The molecule has 2 aliphatic carbocycles. The van der Waals surface area contributed by atoms with Gasteiger partial charge in [-0.25, -0.2) is 4.79 Å². The zero-order chi connectivity index (χ0) is 29.2. The van der Waals surface area contributed by atoms with Crippen molar-refractivity contribution in [3.8, 4) is 5.69 Å². The Morgan fingerprint density at radius 3 is 2.50 bits per heavy atom. The van der Waals surface area contributed by atoms with Gasteiger partial charge in [0.2, 0.25) is 5.91 Å². The van der Waals surface area contributed by atoms with E-state index < -0.39 is 17.9 Å². The number of ketones is 1. The van der Waals surface area contributed by atoms with Gasteiger partial charge >= 0.3 is 5.97 Å². The van der Waals surface area contributed by atoms with Crippen molar-refractivity contribution < 1.29 is 23.9 Å². The lowest BCUT2D eigenvalue weighted by atomic mass is 9.75. The number of esters is 1. The van der Waals surface area contributed by atoms with E-state index in [1.165, 1.54) is 0 Å². The first-order valence-corrected chi connectivity index (χ1v) is 14.0. The van der Waals surface area contributed by atoms with Crippen molar-refractivity contribution in [2.75, 3.05) is 11.9 Å². The third kappa shape index (κ3) is 6.55. The molecule has 1 aromatic heterocycles. The van der Waals surface area contributed by atoms with E-state index in [0.29, 0.717) is 30.5 Å². The van der Waals surface area contributed by atoms with Crippen LogP contribution in [0.15, 0.2) is 24.4 Å². The molecule has 4 rings (SSSR count). The molecule has 0 unspecified atom stereocenters. The molecule has 1 fully saturated rings. The van der Waals surface area contributed by atoms with Gasteiger partial charge in [0.1, 0.15) is 12.1 Å². The van der Waals surface area contributed by atoms with Crippen LogP contribution in [-0.2, 0) is 20.7 Å². The highest BCUT2D eigenvalue weighted by Gasteiger charge is 2.35. The Morgan fingerprint density at radius 1 is 1.15 bits per heavy atom. The predicted molar refractivity (Wildman–Crippen MR) is 152 cm³/mol. The largest absolute Gasteiger partial charge is 0.461 e. The zero-order valence-electron chi connectivity index (χ0n) is 23.8. The number of carbonyl (C=O) groups excluding carboxylic acids is 4. The van der Waals surface area contributed by atoms with Crippen LogP contribution in [0.3, 0.4) is 0 Å². The summed E-state index contributed by atoms with van der Waals surface area (Å²) >= 11 is 0. The summed E-state index contributed by atoms with van der Waals surface area (Å²) in [6.45, 7) is 7.99. The molecule has 6 N–H and O–H groups in total. The van der Waals surface area contributed by atoms with Gasteiger partial charge in [-0.3, -0.25) is 14.4 Å². The maximum absolute atomic E-state index is 12.9. The molecule has 216 valence electrons. The third-order valence-electron chi connectivity index (χ3n) is 7.83. The van der Waals surface area contributed by atoms with E-state index in [9.17, 15) is 19.2 Å². The lowest BCUT2D eigenvalue weighted by molar-refractivity contribution is -0.154. The molecule has 10 nitrogen and oxygen atoms in total. The molecule has 0 saturated heterocycles. The standard InChI is InChI=1S/C30H41N5O5/c1-17-16-35(24-14-30(3,4)15-25(36)27(17)24)20-7-10-22(28(32)38)23(13-20)34-19-5-8-21(9-6-19)40-29(39)18(2)33-26(37)11-12-31/h7,10,13,16,18-19,21,34H,5-6,8-9,11-12,14-15,31H2,1-4H3,(H2,32,38)(H,33,37)/t18-,19?,21?/m0/s1. The molecule has 0 aliphatic heterocycles. The number of benzene rings is 1. The molecule has 1 heterocycles. The number of fused-ring (bicyclic) bond motifs is 1. The Labute approximate surface area is 235 Å². The second kappa shape index (κ2) is 11.8. The second-order valence-corrected chi connectivity index (χ2v) is 11.9. The fourth-order valence-electron chi connectivity index (χ4n) is 5.84. The Balaban J connectivity index is 1.46. The van der Waals surface area contributed by atoms with E-state index in [2.05, 4.69) is 29.0 Å². The minimum atomic E-state index is -0.736. The normalized spacial score (nSPS) is 20.8. The first kappa shape index (κ1) is 29.3. The predicted octanol–water partition coefficient (Wildman–Crippen LogP) is 3.16. The maximum atomic E-state index is 12.9. The topological polar surface area (TPSA) is 159 Å². The highest BCUT2D eigenvalue weighted by Crippen LogP contribution is 2.38. The summed E-state index contributed by atoms with van der Waals surface area (Å²) in [5, 5.41) is 6.10. The smallest absolute Gasteiger partial charge is 0.328 e. The van der Waals surface area contributed by atoms with Crippen molar-refractivity contribution in [3.63, 3.8) is 0 Å². The van der Waals surface area contributed by atoms with Crippen LogP contribution in [0.4, 0.5) is 5.69 Å². The van der Waals surface area contributed by atoms with Gasteiger partial charge in [-0.05, 0) is 75.1 Å². The van der Waals surface area contributed by atoms with Crippen molar-refractivity contribution in [1.29, 1.82) is 0 Å². The number of nitrogens with zero attached hydrogens (tertiary/aromatic N) is 1. The summed E-state index contributed by atoms with van der Waals surface area (Å²) in [5.74, 6) is -1.10. The van der Waals surface area contributed by atoms with Crippen LogP contribution in [0, 0.1) is 12.3 Å². The molecule has 0 spiro atoms. The molecule has 0 radical (unpaired) electrons. The number of ether oxygens (including phenoxy) is 1. The number of carbonyl (C=O) groups is 4. The van der Waals surface area contributed by atoms with Gasteiger partial charge in [-0.15, -0.1) is 0 Å². The van der Waals surface area contributed by atoms with E-state index in [-0.39, 0.29) is 42.2 Å². The van der Waals surface area contributed by atoms with E-state index in [1.54, 1.807) is 13.0 Å². The van der Waals surface area contributed by atoms with Gasteiger partial charge < -0.3 is 31.4 Å². The number of amides is 2. The lowest BCUT2D eigenvalue weighted by Crippen LogP contribution is -2.42. The zero-order valence-corrected chi connectivity index (χ0v) is 23.8. The van der Waals surface area contributed by atoms with Crippen LogP contribution in [0.25, 0.3) is 5.69 Å². The minimum Gasteiger partial charge on any atom is -0.461 e. The molecule has 2 amide bonds.